The van der Waals surface area contributed by atoms with E-state index in [1.807, 2.05) is 6.92 Å². The quantitative estimate of drug-likeness (QED) is 0.623. The average Bonchev–Trinajstić information content (AvgIpc) is 3.37. The monoisotopic (exact) mass is 371 g/mol. The molecule has 0 radical (unpaired) electrons. The molecule has 1 aliphatic rings. The first kappa shape index (κ1) is 18.4. The van der Waals surface area contributed by atoms with Gasteiger partial charge in [-0.25, -0.2) is 13.1 Å². The van der Waals surface area contributed by atoms with Gasteiger partial charge in [-0.1, -0.05) is 11.1 Å². The normalized spacial score (nSPS) is 14.7. The van der Waals surface area contributed by atoms with E-state index in [4.69, 9.17) is 10.9 Å². The molecule has 0 bridgehead atoms. The molecule has 3 rings (SSSR count). The lowest BCUT2D eigenvalue weighted by molar-refractivity contribution is 0.393. The first-order valence-electron chi connectivity index (χ1n) is 8.43. The third kappa shape index (κ3) is 3.57. The summed E-state index contributed by atoms with van der Waals surface area (Å²) in [4.78, 5) is 4.33. The number of aryl methyl sites for hydroxylation is 2. The Labute approximate surface area is 153 Å². The lowest BCUT2D eigenvalue weighted by Gasteiger charge is -2.13. The van der Waals surface area contributed by atoms with Gasteiger partial charge in [-0.05, 0) is 57.2 Å². The zero-order valence-corrected chi connectivity index (χ0v) is 15.9. The SMILES string of the molecule is C#Cc1c(N=CC)cc(-c2c(C)noc2C)cc1S(=O)(=O)NCC1CC1. The zero-order valence-electron chi connectivity index (χ0n) is 15.0. The second-order valence-corrected chi connectivity index (χ2v) is 8.13. The van der Waals surface area contributed by atoms with Crippen LogP contribution in [0.15, 0.2) is 26.5 Å². The molecule has 1 aliphatic carbocycles. The highest BCUT2D eigenvalue weighted by Gasteiger charge is 2.27. The Balaban J connectivity index is 2.19. The second kappa shape index (κ2) is 7.06. The number of aliphatic imine (C=N–C) groups is 1. The second-order valence-electron chi connectivity index (χ2n) is 6.39. The molecule has 1 saturated carbocycles. The predicted molar refractivity (Wildman–Crippen MR) is 101 cm³/mol. The number of sulfonamides is 1. The van der Waals surface area contributed by atoms with Gasteiger partial charge in [0.15, 0.2) is 0 Å². The Hall–Kier alpha value is -2.43. The van der Waals surface area contributed by atoms with Crippen molar-refractivity contribution >= 4 is 21.9 Å². The predicted octanol–water partition coefficient (Wildman–Crippen LogP) is 3.35. The molecule has 0 amide bonds. The fraction of sp³-hybridized carbons (Fsp3) is 0.368. The van der Waals surface area contributed by atoms with E-state index in [0.717, 1.165) is 18.4 Å². The van der Waals surface area contributed by atoms with Crippen molar-refractivity contribution in [3.05, 3.63) is 29.2 Å². The van der Waals surface area contributed by atoms with Crippen molar-refractivity contribution < 1.29 is 12.9 Å². The van der Waals surface area contributed by atoms with Gasteiger partial charge in [0.25, 0.3) is 0 Å². The molecule has 0 saturated heterocycles. The maximum atomic E-state index is 12.9. The van der Waals surface area contributed by atoms with E-state index in [1.54, 1.807) is 32.2 Å². The summed E-state index contributed by atoms with van der Waals surface area (Å²) in [6.07, 6.45) is 9.31. The van der Waals surface area contributed by atoms with E-state index >= 15 is 0 Å². The number of terminal acetylenes is 1. The highest BCUT2D eigenvalue weighted by atomic mass is 32.2. The molecule has 0 spiro atoms. The largest absolute Gasteiger partial charge is 0.361 e. The van der Waals surface area contributed by atoms with Crippen molar-refractivity contribution in [1.82, 2.24) is 9.88 Å². The summed E-state index contributed by atoms with van der Waals surface area (Å²) in [6.45, 7) is 5.77. The Kier molecular flexibility index (Phi) is 4.99. The number of hydrogen-bond acceptors (Lipinski definition) is 5. The molecule has 2 aromatic rings. The number of hydrogen-bond donors (Lipinski definition) is 1. The summed E-state index contributed by atoms with van der Waals surface area (Å²) in [5, 5.41) is 3.95. The van der Waals surface area contributed by atoms with Crippen LogP contribution in [0.25, 0.3) is 11.1 Å². The fourth-order valence-electron chi connectivity index (χ4n) is 2.87. The molecule has 1 fully saturated rings. The van der Waals surface area contributed by atoms with Crippen molar-refractivity contribution in [2.45, 2.75) is 38.5 Å². The van der Waals surface area contributed by atoms with Crippen LogP contribution in [0.2, 0.25) is 0 Å². The number of nitrogens with zero attached hydrogens (tertiary/aromatic N) is 2. The van der Waals surface area contributed by atoms with E-state index in [9.17, 15) is 8.42 Å². The zero-order chi connectivity index (χ0) is 18.9. The highest BCUT2D eigenvalue weighted by molar-refractivity contribution is 7.89. The lowest BCUT2D eigenvalue weighted by atomic mass is 10.0. The summed E-state index contributed by atoms with van der Waals surface area (Å²) < 4.78 is 33.7. The van der Waals surface area contributed by atoms with Crippen LogP contribution in [-0.2, 0) is 10.0 Å². The highest BCUT2D eigenvalue weighted by Crippen LogP contribution is 2.36. The van der Waals surface area contributed by atoms with Gasteiger partial charge in [-0.3, -0.25) is 4.99 Å². The first-order chi connectivity index (χ1) is 12.4. The standard InChI is InChI=1S/C19H21N3O3S/c1-5-16-17(20-6-2)9-15(19-12(3)22-25-13(19)4)10-18(16)26(23,24)21-11-14-7-8-14/h1,6,9-10,14,21H,7-8,11H2,2-4H3. The van der Waals surface area contributed by atoms with E-state index < -0.39 is 10.0 Å². The third-order valence-electron chi connectivity index (χ3n) is 4.36. The van der Waals surface area contributed by atoms with Crippen molar-refractivity contribution in [2.24, 2.45) is 10.9 Å². The van der Waals surface area contributed by atoms with Crippen LogP contribution in [0, 0.1) is 32.1 Å². The molecule has 1 heterocycles. The van der Waals surface area contributed by atoms with Gasteiger partial charge in [0.2, 0.25) is 10.0 Å². The van der Waals surface area contributed by atoms with Crippen LogP contribution < -0.4 is 4.72 Å². The summed E-state index contributed by atoms with van der Waals surface area (Å²) in [7, 11) is -3.76. The van der Waals surface area contributed by atoms with Crippen LogP contribution in [-0.4, -0.2) is 26.3 Å². The number of nitrogens with one attached hydrogen (secondary N) is 1. The molecule has 6 nitrogen and oxygen atoms in total. The molecule has 26 heavy (non-hydrogen) atoms. The van der Waals surface area contributed by atoms with Gasteiger partial charge >= 0.3 is 0 Å². The minimum absolute atomic E-state index is 0.0544. The summed E-state index contributed by atoms with van der Waals surface area (Å²) in [5.41, 5.74) is 2.77. The van der Waals surface area contributed by atoms with Crippen LogP contribution >= 0.6 is 0 Å². The number of benzene rings is 1. The molecule has 7 heteroatoms. The lowest BCUT2D eigenvalue weighted by Crippen LogP contribution is -2.26. The summed E-state index contributed by atoms with van der Waals surface area (Å²) in [6, 6.07) is 3.34. The molecule has 0 unspecified atom stereocenters. The van der Waals surface area contributed by atoms with Crippen LogP contribution in [0.3, 0.4) is 0 Å². The van der Waals surface area contributed by atoms with Crippen molar-refractivity contribution in [2.75, 3.05) is 6.54 Å². The molecule has 0 atom stereocenters. The minimum Gasteiger partial charge on any atom is -0.361 e. The molecule has 136 valence electrons. The molecule has 0 aliphatic heterocycles. The van der Waals surface area contributed by atoms with Gasteiger partial charge in [-0.2, -0.15) is 0 Å². The smallest absolute Gasteiger partial charge is 0.241 e. The van der Waals surface area contributed by atoms with Gasteiger partial charge in [0, 0.05) is 18.3 Å². The number of rotatable bonds is 6. The van der Waals surface area contributed by atoms with E-state index in [2.05, 4.69) is 20.8 Å². The van der Waals surface area contributed by atoms with Crippen molar-refractivity contribution in [1.29, 1.82) is 0 Å². The summed E-state index contributed by atoms with van der Waals surface area (Å²) >= 11 is 0. The number of aromatic nitrogens is 1. The Morgan fingerprint density at radius 2 is 2.15 bits per heavy atom. The molecular formula is C19H21N3O3S. The molecule has 1 aromatic heterocycles. The molecular weight excluding hydrogens is 350 g/mol. The molecule has 1 aromatic carbocycles. The van der Waals surface area contributed by atoms with Crippen LogP contribution in [0.5, 0.6) is 0 Å². The van der Waals surface area contributed by atoms with Gasteiger partial charge in [0.05, 0.1) is 16.9 Å². The van der Waals surface area contributed by atoms with Gasteiger partial charge in [0.1, 0.15) is 10.7 Å². The van der Waals surface area contributed by atoms with E-state index in [0.29, 0.717) is 35.2 Å². The Morgan fingerprint density at radius 1 is 1.42 bits per heavy atom. The van der Waals surface area contributed by atoms with Crippen molar-refractivity contribution in [3.8, 4) is 23.5 Å². The van der Waals surface area contributed by atoms with Crippen LogP contribution in [0.4, 0.5) is 5.69 Å². The Morgan fingerprint density at radius 3 is 2.69 bits per heavy atom. The molecule has 1 N–H and O–H groups in total. The van der Waals surface area contributed by atoms with Gasteiger partial charge in [-0.15, -0.1) is 6.42 Å². The van der Waals surface area contributed by atoms with Crippen LogP contribution in [0.1, 0.15) is 36.8 Å². The minimum atomic E-state index is -3.76. The average molecular weight is 371 g/mol. The topological polar surface area (TPSA) is 84.6 Å². The first-order valence-corrected chi connectivity index (χ1v) is 9.92. The Bertz CT molecular complexity index is 990. The third-order valence-corrected chi connectivity index (χ3v) is 5.81. The summed E-state index contributed by atoms with van der Waals surface area (Å²) in [5.74, 6) is 3.51. The van der Waals surface area contributed by atoms with Crippen molar-refractivity contribution in [3.63, 3.8) is 0 Å². The fourth-order valence-corrected chi connectivity index (χ4v) is 4.19. The van der Waals surface area contributed by atoms with E-state index in [-0.39, 0.29) is 10.5 Å². The van der Waals surface area contributed by atoms with E-state index in [1.165, 1.54) is 0 Å². The van der Waals surface area contributed by atoms with Gasteiger partial charge < -0.3 is 4.52 Å². The maximum absolute atomic E-state index is 12.9. The maximum Gasteiger partial charge on any atom is 0.241 e.